The number of rotatable bonds is 6. The molecule has 2 nitrogen and oxygen atoms in total. The lowest BCUT2D eigenvalue weighted by molar-refractivity contribution is -0.0351. The van der Waals surface area contributed by atoms with E-state index in [1.807, 2.05) is 7.11 Å². The molecule has 2 rings (SSSR count). The van der Waals surface area contributed by atoms with Crippen LogP contribution in [0.15, 0.2) is 24.3 Å². The third kappa shape index (κ3) is 3.18. The van der Waals surface area contributed by atoms with Crippen LogP contribution in [-0.4, -0.2) is 25.3 Å². The highest BCUT2D eigenvalue weighted by molar-refractivity contribution is 5.27. The molecule has 1 fully saturated rings. The maximum atomic E-state index is 5.96. The van der Waals surface area contributed by atoms with Gasteiger partial charge in [0.1, 0.15) is 0 Å². The summed E-state index contributed by atoms with van der Waals surface area (Å²) in [4.78, 5) is 0. The third-order valence-electron chi connectivity index (χ3n) is 4.63. The van der Waals surface area contributed by atoms with Gasteiger partial charge in [-0.3, -0.25) is 0 Å². The maximum Gasteiger partial charge on any atom is 0.0834 e. The molecule has 0 saturated heterocycles. The summed E-state index contributed by atoms with van der Waals surface area (Å²) in [5, 5.41) is 3.67. The number of aryl methyl sites for hydroxylation is 1. The van der Waals surface area contributed by atoms with Gasteiger partial charge in [-0.1, -0.05) is 44.0 Å². The van der Waals surface area contributed by atoms with Gasteiger partial charge in [0.25, 0.3) is 0 Å². The van der Waals surface area contributed by atoms with E-state index in [9.17, 15) is 0 Å². The van der Waals surface area contributed by atoms with E-state index in [0.29, 0.717) is 6.04 Å². The van der Waals surface area contributed by atoms with E-state index in [2.05, 4.69) is 43.4 Å². The van der Waals surface area contributed by atoms with Gasteiger partial charge in [-0.2, -0.15) is 0 Å². The van der Waals surface area contributed by atoms with E-state index < -0.39 is 0 Å². The van der Waals surface area contributed by atoms with Gasteiger partial charge >= 0.3 is 0 Å². The smallest absolute Gasteiger partial charge is 0.0834 e. The number of methoxy groups -OCH3 is 1. The largest absolute Gasteiger partial charge is 0.377 e. The first-order chi connectivity index (χ1) is 9.22. The molecule has 1 aliphatic carbocycles. The second kappa shape index (κ2) is 6.53. The Morgan fingerprint density at radius 2 is 1.95 bits per heavy atom. The number of hydrogen-bond acceptors (Lipinski definition) is 2. The second-order valence-corrected chi connectivity index (χ2v) is 5.72. The molecule has 19 heavy (non-hydrogen) atoms. The molecule has 1 aliphatic rings. The average molecular weight is 261 g/mol. The molecule has 1 saturated carbocycles. The first-order valence-electron chi connectivity index (χ1n) is 7.55. The summed E-state index contributed by atoms with van der Waals surface area (Å²) >= 11 is 0. The topological polar surface area (TPSA) is 21.3 Å². The molecule has 106 valence electrons. The van der Waals surface area contributed by atoms with Crippen LogP contribution in [0.5, 0.6) is 0 Å². The SMILES string of the molecule is CCNC(Cc1ccccc1C)C1(OC)CCCC1. The van der Waals surface area contributed by atoms with Crippen LogP contribution in [-0.2, 0) is 11.2 Å². The van der Waals surface area contributed by atoms with Crippen LogP contribution in [0.3, 0.4) is 0 Å². The molecule has 0 bridgehead atoms. The minimum absolute atomic E-state index is 0.0400. The minimum atomic E-state index is 0.0400. The zero-order valence-electron chi connectivity index (χ0n) is 12.5. The lowest BCUT2D eigenvalue weighted by atomic mass is 9.86. The molecule has 0 spiro atoms. The highest BCUT2D eigenvalue weighted by Gasteiger charge is 2.41. The molecule has 0 heterocycles. The van der Waals surface area contributed by atoms with Crippen molar-refractivity contribution in [3.8, 4) is 0 Å². The molecule has 1 N–H and O–H groups in total. The van der Waals surface area contributed by atoms with Crippen molar-refractivity contribution >= 4 is 0 Å². The Balaban J connectivity index is 2.18. The first kappa shape index (κ1) is 14.5. The van der Waals surface area contributed by atoms with Crippen molar-refractivity contribution in [1.29, 1.82) is 0 Å². The maximum absolute atomic E-state index is 5.96. The molecule has 0 aliphatic heterocycles. The van der Waals surface area contributed by atoms with Crippen molar-refractivity contribution in [3.63, 3.8) is 0 Å². The molecule has 0 amide bonds. The van der Waals surface area contributed by atoms with E-state index in [4.69, 9.17) is 4.74 Å². The fourth-order valence-corrected chi connectivity index (χ4v) is 3.42. The molecule has 0 aromatic heterocycles. The predicted octanol–water partition coefficient (Wildman–Crippen LogP) is 3.47. The van der Waals surface area contributed by atoms with Crippen LogP contribution >= 0.6 is 0 Å². The van der Waals surface area contributed by atoms with Crippen molar-refractivity contribution in [2.24, 2.45) is 0 Å². The van der Waals surface area contributed by atoms with Gasteiger partial charge in [0.2, 0.25) is 0 Å². The number of nitrogens with one attached hydrogen (secondary N) is 1. The number of hydrogen-bond donors (Lipinski definition) is 1. The predicted molar refractivity (Wildman–Crippen MR) is 80.6 cm³/mol. The number of benzene rings is 1. The summed E-state index contributed by atoms with van der Waals surface area (Å²) in [6.45, 7) is 5.39. The minimum Gasteiger partial charge on any atom is -0.377 e. The van der Waals surface area contributed by atoms with Crippen LogP contribution in [0.4, 0.5) is 0 Å². The Hall–Kier alpha value is -0.860. The van der Waals surface area contributed by atoms with Crippen LogP contribution < -0.4 is 5.32 Å². The second-order valence-electron chi connectivity index (χ2n) is 5.72. The zero-order chi connectivity index (χ0) is 13.7. The lowest BCUT2D eigenvalue weighted by Crippen LogP contribution is -2.51. The quantitative estimate of drug-likeness (QED) is 0.846. The lowest BCUT2D eigenvalue weighted by Gasteiger charge is -2.37. The summed E-state index contributed by atoms with van der Waals surface area (Å²) in [6, 6.07) is 9.12. The molecule has 2 heteroatoms. The Morgan fingerprint density at radius 3 is 2.53 bits per heavy atom. The van der Waals surface area contributed by atoms with Crippen LogP contribution in [0, 0.1) is 6.92 Å². The summed E-state index contributed by atoms with van der Waals surface area (Å²) in [5.74, 6) is 0. The normalized spacial score (nSPS) is 19.5. The van der Waals surface area contributed by atoms with Crippen molar-refractivity contribution in [3.05, 3.63) is 35.4 Å². The van der Waals surface area contributed by atoms with Crippen molar-refractivity contribution < 1.29 is 4.74 Å². The van der Waals surface area contributed by atoms with Crippen LogP contribution in [0.1, 0.15) is 43.7 Å². The fourth-order valence-electron chi connectivity index (χ4n) is 3.42. The zero-order valence-corrected chi connectivity index (χ0v) is 12.5. The number of likely N-dealkylation sites (N-methyl/N-ethyl adjacent to an activating group) is 1. The van der Waals surface area contributed by atoms with Gasteiger partial charge in [0, 0.05) is 13.2 Å². The molecular weight excluding hydrogens is 234 g/mol. The highest BCUT2D eigenvalue weighted by Crippen LogP contribution is 2.37. The van der Waals surface area contributed by atoms with Gasteiger partial charge in [-0.05, 0) is 43.9 Å². The first-order valence-corrected chi connectivity index (χ1v) is 7.55. The van der Waals surface area contributed by atoms with Gasteiger partial charge in [0.15, 0.2) is 0 Å². The average Bonchev–Trinajstić information content (AvgIpc) is 2.90. The Kier molecular flexibility index (Phi) is 5.00. The molecular formula is C17H27NO. The van der Waals surface area contributed by atoms with Crippen LogP contribution in [0.2, 0.25) is 0 Å². The molecule has 1 aromatic carbocycles. The monoisotopic (exact) mass is 261 g/mol. The van der Waals surface area contributed by atoms with E-state index in [1.54, 1.807) is 0 Å². The van der Waals surface area contributed by atoms with E-state index in [-0.39, 0.29) is 5.60 Å². The van der Waals surface area contributed by atoms with Gasteiger partial charge < -0.3 is 10.1 Å². The molecule has 1 atom stereocenters. The van der Waals surface area contributed by atoms with Gasteiger partial charge in [0.05, 0.1) is 5.60 Å². The Bertz CT molecular complexity index is 396. The summed E-state index contributed by atoms with van der Waals surface area (Å²) in [5.41, 5.74) is 2.87. The molecule has 1 unspecified atom stereocenters. The van der Waals surface area contributed by atoms with Crippen LogP contribution in [0.25, 0.3) is 0 Å². The van der Waals surface area contributed by atoms with E-state index >= 15 is 0 Å². The van der Waals surface area contributed by atoms with E-state index in [1.165, 1.54) is 36.8 Å². The van der Waals surface area contributed by atoms with Crippen molar-refractivity contribution in [2.75, 3.05) is 13.7 Å². The number of ether oxygens (including phenoxy) is 1. The van der Waals surface area contributed by atoms with Gasteiger partial charge in [-0.25, -0.2) is 0 Å². The van der Waals surface area contributed by atoms with Gasteiger partial charge in [-0.15, -0.1) is 0 Å². The Labute approximate surface area is 117 Å². The standard InChI is InChI=1S/C17H27NO/c1-4-18-16(17(19-3)11-7-8-12-17)13-15-10-6-5-9-14(15)2/h5-6,9-10,16,18H,4,7-8,11-13H2,1-3H3. The molecule has 0 radical (unpaired) electrons. The molecule has 1 aromatic rings. The van der Waals surface area contributed by atoms with E-state index in [0.717, 1.165) is 13.0 Å². The van der Waals surface area contributed by atoms with Crippen molar-refractivity contribution in [1.82, 2.24) is 5.32 Å². The summed E-state index contributed by atoms with van der Waals surface area (Å²) < 4.78 is 5.96. The fraction of sp³-hybridized carbons (Fsp3) is 0.647. The Morgan fingerprint density at radius 1 is 1.26 bits per heavy atom. The highest BCUT2D eigenvalue weighted by atomic mass is 16.5. The third-order valence-corrected chi connectivity index (χ3v) is 4.63. The summed E-state index contributed by atoms with van der Waals surface area (Å²) in [6.07, 6.45) is 6.03. The summed E-state index contributed by atoms with van der Waals surface area (Å²) in [7, 11) is 1.88. The van der Waals surface area contributed by atoms with Crippen molar-refractivity contribution in [2.45, 2.75) is 57.6 Å².